The second-order valence-electron chi connectivity index (χ2n) is 16.5. The molecule has 1 aliphatic heterocycles. The minimum atomic E-state index is -1.19. The third-order valence-corrected chi connectivity index (χ3v) is 13.0. The molecule has 1 spiro atoms. The number of aldehydes is 1. The molecule has 2 saturated carbocycles. The van der Waals surface area contributed by atoms with E-state index in [1.54, 1.807) is 7.11 Å². The Morgan fingerprint density at radius 2 is 1.93 bits per heavy atom. The number of methoxy groups -OCH3 is 1. The third-order valence-electron chi connectivity index (χ3n) is 13.0. The molecule has 0 amide bonds. The van der Waals surface area contributed by atoms with Crippen molar-refractivity contribution in [3.63, 3.8) is 0 Å². The second-order valence-corrected chi connectivity index (χ2v) is 16.5. The number of allylic oxidation sites excluding steroid dienone is 7. The molecule has 0 radical (unpaired) electrons. The molecule has 54 heavy (non-hydrogen) atoms. The molecule has 1 aromatic rings. The molecule has 8 unspecified atom stereocenters. The molecule has 3 aliphatic rings. The summed E-state index contributed by atoms with van der Waals surface area (Å²) >= 11 is 0. The van der Waals surface area contributed by atoms with E-state index in [0.717, 1.165) is 42.3 Å². The van der Waals surface area contributed by atoms with E-state index in [9.17, 15) is 30.3 Å². The summed E-state index contributed by atoms with van der Waals surface area (Å²) in [6.45, 7) is 11.3. The first-order valence-electron chi connectivity index (χ1n) is 20.0. The van der Waals surface area contributed by atoms with Crippen molar-refractivity contribution in [3.8, 4) is 0 Å². The van der Waals surface area contributed by atoms with Gasteiger partial charge in [0.15, 0.2) is 0 Å². The van der Waals surface area contributed by atoms with Crippen LogP contribution in [0.15, 0.2) is 83.0 Å². The number of hydrogen-bond donors (Lipinski definition) is 7. The van der Waals surface area contributed by atoms with Gasteiger partial charge in [0.05, 0.1) is 18.3 Å². The van der Waals surface area contributed by atoms with Gasteiger partial charge in [-0.05, 0) is 145 Å². The summed E-state index contributed by atoms with van der Waals surface area (Å²) < 4.78 is 5.39. The minimum Gasteiger partial charge on any atom is -0.396 e. The molecule has 9 heteroatoms. The Hall–Kier alpha value is -2.73. The van der Waals surface area contributed by atoms with Crippen LogP contribution >= 0.6 is 0 Å². The smallest absolute Gasteiger partial charge is 0.145 e. The van der Waals surface area contributed by atoms with E-state index >= 15 is 0 Å². The third kappa shape index (κ3) is 9.98. The summed E-state index contributed by atoms with van der Waals surface area (Å²) in [5.41, 5.74) is 3.99. The number of benzene rings is 1. The lowest BCUT2D eigenvalue weighted by atomic mass is 9.51. The van der Waals surface area contributed by atoms with Gasteiger partial charge in [-0.25, -0.2) is 0 Å². The van der Waals surface area contributed by atoms with Crippen LogP contribution in [0.4, 0.5) is 0 Å². The Bertz CT molecular complexity index is 1550. The highest BCUT2D eigenvalue weighted by Crippen LogP contribution is 2.63. The first-order valence-corrected chi connectivity index (χ1v) is 20.0. The van der Waals surface area contributed by atoms with E-state index in [2.05, 4.69) is 54.5 Å². The van der Waals surface area contributed by atoms with Crippen molar-refractivity contribution < 1.29 is 35.1 Å². The number of carbonyl (C=O) groups is 1. The van der Waals surface area contributed by atoms with Gasteiger partial charge in [0.2, 0.25) is 0 Å². The number of aliphatic hydroxyl groups is 5. The van der Waals surface area contributed by atoms with Gasteiger partial charge in [0, 0.05) is 37.2 Å². The van der Waals surface area contributed by atoms with Crippen molar-refractivity contribution in [1.29, 1.82) is 0 Å². The fourth-order valence-corrected chi connectivity index (χ4v) is 9.80. The average Bonchev–Trinajstić information content (AvgIpc) is 3.50. The number of fused-ring (bicyclic) bond motifs is 2. The molecule has 1 heterocycles. The van der Waals surface area contributed by atoms with Crippen molar-refractivity contribution in [2.75, 3.05) is 40.5 Å². The Kier molecular flexibility index (Phi) is 16.2. The molecule has 1 aromatic carbocycles. The standard InChI is InChI=1S/C45H68N2O7/c1-31(36-16-15-32(2)42(52)47-43(4,22-25-54-6)28-35-12-8-11-34(26-35)27-36)10-7-13-37(30-50)39-18-20-45(41(39)51)40(14-9-24-48)38(33(3)29-49)17-19-44(45,53)21-23-46-5/h7-8,10-13,15,26,29,36,39-42,46-48,50-53H,1,9,14,16-25,27-28,30H2,2-6H3. The van der Waals surface area contributed by atoms with E-state index in [1.165, 1.54) is 11.1 Å². The Labute approximate surface area is 324 Å². The first kappa shape index (κ1) is 44.0. The van der Waals surface area contributed by atoms with Crippen molar-refractivity contribution in [2.45, 2.75) is 115 Å². The van der Waals surface area contributed by atoms with E-state index in [-0.39, 0.29) is 36.5 Å². The van der Waals surface area contributed by atoms with Crippen LogP contribution in [0.25, 0.3) is 0 Å². The summed E-state index contributed by atoms with van der Waals surface area (Å²) in [6, 6.07) is 8.62. The quantitative estimate of drug-likeness (QED) is 0.0551. The van der Waals surface area contributed by atoms with E-state index in [0.29, 0.717) is 75.7 Å². The summed E-state index contributed by atoms with van der Waals surface area (Å²) in [6.07, 6.45) is 13.6. The zero-order valence-electron chi connectivity index (χ0n) is 33.4. The van der Waals surface area contributed by atoms with Gasteiger partial charge in [-0.3, -0.25) is 10.1 Å². The van der Waals surface area contributed by atoms with Crippen LogP contribution in [0.1, 0.15) is 89.7 Å². The fraction of sp³-hybridized carbons (Fsp3) is 0.622. The largest absolute Gasteiger partial charge is 0.396 e. The second kappa shape index (κ2) is 19.9. The van der Waals surface area contributed by atoms with Crippen LogP contribution in [0, 0.1) is 23.2 Å². The summed E-state index contributed by atoms with van der Waals surface area (Å²) in [5.74, 6) is -0.600. The van der Waals surface area contributed by atoms with Crippen LogP contribution in [-0.4, -0.2) is 95.8 Å². The number of aliphatic hydroxyl groups excluding tert-OH is 4. The topological polar surface area (TPSA) is 152 Å². The van der Waals surface area contributed by atoms with Crippen LogP contribution < -0.4 is 10.6 Å². The molecule has 8 atom stereocenters. The van der Waals surface area contributed by atoms with Crippen LogP contribution in [0.3, 0.4) is 0 Å². The molecule has 9 nitrogen and oxygen atoms in total. The Morgan fingerprint density at radius 1 is 1.17 bits per heavy atom. The average molecular weight is 749 g/mol. The maximum Gasteiger partial charge on any atom is 0.145 e. The molecule has 0 saturated heterocycles. The number of rotatable bonds is 15. The number of ether oxygens (including phenoxy) is 1. The van der Waals surface area contributed by atoms with E-state index in [4.69, 9.17) is 4.74 Å². The molecule has 0 aromatic heterocycles. The monoisotopic (exact) mass is 749 g/mol. The van der Waals surface area contributed by atoms with Crippen LogP contribution in [0.2, 0.25) is 0 Å². The fourth-order valence-electron chi connectivity index (χ4n) is 9.80. The van der Waals surface area contributed by atoms with Crippen molar-refractivity contribution in [3.05, 3.63) is 94.1 Å². The SMILES string of the molecule is C=C(C=CC=C(CO)C1CCC2(C(CCCO)C(=C(C)C=O)CCC2(O)CCNC)C1O)C1CC=C(C)C(O)NC(C)(CCOC)Cc2cccc(c2)C1. The van der Waals surface area contributed by atoms with Crippen molar-refractivity contribution >= 4 is 6.29 Å². The van der Waals surface area contributed by atoms with E-state index < -0.39 is 23.3 Å². The predicted molar refractivity (Wildman–Crippen MR) is 216 cm³/mol. The summed E-state index contributed by atoms with van der Waals surface area (Å²) in [4.78, 5) is 12.1. The molecule has 2 aliphatic carbocycles. The maximum absolute atomic E-state index is 12.5. The van der Waals surface area contributed by atoms with Gasteiger partial charge in [-0.15, -0.1) is 0 Å². The van der Waals surface area contributed by atoms with Gasteiger partial charge in [0.25, 0.3) is 0 Å². The first-order chi connectivity index (χ1) is 25.8. The Morgan fingerprint density at radius 3 is 2.61 bits per heavy atom. The molecule has 7 N–H and O–H groups in total. The molecule has 300 valence electrons. The zero-order chi connectivity index (χ0) is 39.5. The maximum atomic E-state index is 12.5. The highest BCUT2D eigenvalue weighted by Gasteiger charge is 2.65. The molecular weight excluding hydrogens is 681 g/mol. The van der Waals surface area contributed by atoms with Gasteiger partial charge >= 0.3 is 0 Å². The van der Waals surface area contributed by atoms with Crippen molar-refractivity contribution in [2.24, 2.45) is 23.2 Å². The number of hydrogen-bond acceptors (Lipinski definition) is 9. The van der Waals surface area contributed by atoms with Crippen LogP contribution in [0.5, 0.6) is 0 Å². The lowest BCUT2D eigenvalue weighted by molar-refractivity contribution is -0.180. The number of nitrogens with one attached hydrogen (secondary N) is 2. The molecule has 2 bridgehead atoms. The van der Waals surface area contributed by atoms with Crippen molar-refractivity contribution in [1.82, 2.24) is 10.6 Å². The molecular formula is C45H68N2O7. The zero-order valence-corrected chi connectivity index (χ0v) is 33.4. The van der Waals surface area contributed by atoms with Gasteiger partial charge in [-0.1, -0.05) is 66.3 Å². The number of carbonyl (C=O) groups excluding carboxylic acids is 1. The van der Waals surface area contributed by atoms with Gasteiger partial charge in [-0.2, -0.15) is 0 Å². The normalized spacial score (nSPS) is 33.3. The highest BCUT2D eigenvalue weighted by atomic mass is 16.5. The summed E-state index contributed by atoms with van der Waals surface area (Å²) in [7, 11) is 3.55. The molecule has 2 fully saturated rings. The highest BCUT2D eigenvalue weighted by molar-refractivity contribution is 5.74. The predicted octanol–water partition coefficient (Wildman–Crippen LogP) is 5.27. The van der Waals surface area contributed by atoms with Gasteiger partial charge in [0.1, 0.15) is 12.5 Å². The van der Waals surface area contributed by atoms with Gasteiger partial charge < -0.3 is 35.6 Å². The van der Waals surface area contributed by atoms with Crippen LogP contribution in [-0.2, 0) is 22.4 Å². The summed E-state index contributed by atoms with van der Waals surface area (Å²) in [5, 5.41) is 63.3. The lowest BCUT2D eigenvalue weighted by Gasteiger charge is -2.57. The Balaban J connectivity index is 1.62. The minimum absolute atomic E-state index is 0.0154. The lowest BCUT2D eigenvalue weighted by Crippen LogP contribution is -2.61. The molecule has 4 rings (SSSR count). The van der Waals surface area contributed by atoms with E-state index in [1.807, 2.05) is 39.1 Å².